The van der Waals surface area contributed by atoms with Crippen LogP contribution in [0.15, 0.2) is 41.8 Å². The molecule has 1 N–H and O–H groups in total. The minimum atomic E-state index is -0.0335. The first-order valence-electron chi connectivity index (χ1n) is 8.31. The second-order valence-corrected chi connectivity index (χ2v) is 7.37. The first-order valence-corrected chi connectivity index (χ1v) is 9.19. The van der Waals surface area contributed by atoms with E-state index in [0.717, 1.165) is 22.4 Å². The van der Waals surface area contributed by atoms with Crippen LogP contribution in [0.4, 0.5) is 5.13 Å². The number of nitrogens with zero attached hydrogens (tertiary/aromatic N) is 1. The van der Waals surface area contributed by atoms with Crippen LogP contribution in [0.5, 0.6) is 0 Å². The maximum Gasteiger partial charge on any atom is 0.230 e. The zero-order valence-corrected chi connectivity index (χ0v) is 15.8. The normalized spacial score (nSPS) is 10.7. The van der Waals surface area contributed by atoms with E-state index >= 15 is 0 Å². The van der Waals surface area contributed by atoms with Gasteiger partial charge in [0.1, 0.15) is 0 Å². The van der Waals surface area contributed by atoms with Gasteiger partial charge in [-0.1, -0.05) is 41.5 Å². The third-order valence-corrected chi connectivity index (χ3v) is 5.03. The Morgan fingerprint density at radius 3 is 2.48 bits per heavy atom. The Bertz CT molecular complexity index is 927. The summed E-state index contributed by atoms with van der Waals surface area (Å²) in [5, 5.41) is 5.56. The van der Waals surface area contributed by atoms with Crippen molar-refractivity contribution >= 4 is 22.4 Å². The third-order valence-electron chi connectivity index (χ3n) is 4.27. The fourth-order valence-electron chi connectivity index (χ4n) is 2.85. The van der Waals surface area contributed by atoms with Gasteiger partial charge >= 0.3 is 0 Å². The first-order chi connectivity index (χ1) is 11.9. The lowest BCUT2D eigenvalue weighted by atomic mass is 10.0. The minimum absolute atomic E-state index is 0.0335. The van der Waals surface area contributed by atoms with Gasteiger partial charge in [-0.15, -0.1) is 11.3 Å². The van der Waals surface area contributed by atoms with Crippen LogP contribution in [0.25, 0.3) is 11.3 Å². The highest BCUT2D eigenvalue weighted by Crippen LogP contribution is 2.28. The summed E-state index contributed by atoms with van der Waals surface area (Å²) in [6, 6.07) is 12.5. The van der Waals surface area contributed by atoms with Gasteiger partial charge in [-0.05, 0) is 50.5 Å². The number of thiazole rings is 1. The van der Waals surface area contributed by atoms with Crippen LogP contribution in [-0.2, 0) is 11.2 Å². The van der Waals surface area contributed by atoms with Crippen LogP contribution in [0.1, 0.15) is 27.8 Å². The van der Waals surface area contributed by atoms with E-state index in [2.05, 4.69) is 55.3 Å². The molecule has 1 heterocycles. The number of anilines is 1. The number of aromatic nitrogens is 1. The maximum atomic E-state index is 12.3. The number of carbonyl (C=O) groups excluding carboxylic acids is 1. The SMILES string of the molecule is Cc1ccc(CC(=O)Nc2nc(-c3cc(C)ccc3C)cs2)c(C)c1. The van der Waals surface area contributed by atoms with Crippen LogP contribution in [0, 0.1) is 27.7 Å². The van der Waals surface area contributed by atoms with Gasteiger partial charge in [-0.3, -0.25) is 4.79 Å². The number of amides is 1. The van der Waals surface area contributed by atoms with Crippen molar-refractivity contribution in [2.75, 3.05) is 5.32 Å². The molecule has 0 bridgehead atoms. The highest BCUT2D eigenvalue weighted by molar-refractivity contribution is 7.14. The summed E-state index contributed by atoms with van der Waals surface area (Å²) in [7, 11) is 0. The second-order valence-electron chi connectivity index (χ2n) is 6.51. The second kappa shape index (κ2) is 7.19. The lowest BCUT2D eigenvalue weighted by molar-refractivity contribution is -0.115. The van der Waals surface area contributed by atoms with Crippen LogP contribution in [0.3, 0.4) is 0 Å². The average Bonchev–Trinajstić information content (AvgIpc) is 3.00. The molecule has 3 nitrogen and oxygen atoms in total. The Hall–Kier alpha value is -2.46. The number of aryl methyl sites for hydroxylation is 4. The van der Waals surface area contributed by atoms with Crippen molar-refractivity contribution in [1.82, 2.24) is 4.98 Å². The Labute approximate surface area is 152 Å². The number of carbonyl (C=O) groups is 1. The van der Waals surface area contributed by atoms with E-state index in [1.807, 2.05) is 24.4 Å². The van der Waals surface area contributed by atoms with Gasteiger partial charge in [0.05, 0.1) is 12.1 Å². The summed E-state index contributed by atoms with van der Waals surface area (Å²) in [6.45, 7) is 8.24. The molecule has 0 spiro atoms. The number of benzene rings is 2. The van der Waals surface area contributed by atoms with Gasteiger partial charge in [0.25, 0.3) is 0 Å². The minimum Gasteiger partial charge on any atom is -0.302 e. The largest absolute Gasteiger partial charge is 0.302 e. The topological polar surface area (TPSA) is 42.0 Å². The fourth-order valence-corrected chi connectivity index (χ4v) is 3.57. The molecule has 1 aromatic heterocycles. The monoisotopic (exact) mass is 350 g/mol. The molecule has 0 aliphatic heterocycles. The Morgan fingerprint density at radius 1 is 1.00 bits per heavy atom. The number of rotatable bonds is 4. The summed E-state index contributed by atoms with van der Waals surface area (Å²) < 4.78 is 0. The highest BCUT2D eigenvalue weighted by atomic mass is 32.1. The number of nitrogens with one attached hydrogen (secondary N) is 1. The van der Waals surface area contributed by atoms with Crippen LogP contribution in [0.2, 0.25) is 0 Å². The fraction of sp³-hybridized carbons (Fsp3) is 0.238. The number of hydrogen-bond acceptors (Lipinski definition) is 3. The molecule has 0 radical (unpaired) electrons. The Balaban J connectivity index is 1.72. The molecule has 0 aliphatic rings. The van der Waals surface area contributed by atoms with Gasteiger partial charge < -0.3 is 5.32 Å². The zero-order chi connectivity index (χ0) is 18.0. The van der Waals surface area contributed by atoms with Gasteiger partial charge in [0.15, 0.2) is 5.13 Å². The first kappa shape index (κ1) is 17.4. The van der Waals surface area contributed by atoms with E-state index in [9.17, 15) is 4.79 Å². The molecule has 0 aliphatic carbocycles. The average molecular weight is 350 g/mol. The van der Waals surface area contributed by atoms with Crippen molar-refractivity contribution in [1.29, 1.82) is 0 Å². The summed E-state index contributed by atoms with van der Waals surface area (Å²) in [5.41, 5.74) is 7.82. The molecular formula is C21H22N2OS. The van der Waals surface area contributed by atoms with E-state index in [4.69, 9.17) is 0 Å². The quantitative estimate of drug-likeness (QED) is 0.700. The van der Waals surface area contributed by atoms with Crippen molar-refractivity contribution in [2.45, 2.75) is 34.1 Å². The molecule has 3 aromatic rings. The molecule has 3 rings (SSSR count). The summed E-state index contributed by atoms with van der Waals surface area (Å²) >= 11 is 1.46. The smallest absolute Gasteiger partial charge is 0.230 e. The van der Waals surface area contributed by atoms with Gasteiger partial charge in [0, 0.05) is 10.9 Å². The number of hydrogen-bond donors (Lipinski definition) is 1. The molecule has 0 saturated carbocycles. The van der Waals surface area contributed by atoms with Crippen molar-refractivity contribution < 1.29 is 4.79 Å². The van der Waals surface area contributed by atoms with Gasteiger partial charge in [-0.25, -0.2) is 4.98 Å². The molecular weight excluding hydrogens is 328 g/mol. The zero-order valence-electron chi connectivity index (χ0n) is 15.0. The molecule has 0 unspecified atom stereocenters. The van der Waals surface area contributed by atoms with E-state index in [1.54, 1.807) is 0 Å². The van der Waals surface area contributed by atoms with Crippen molar-refractivity contribution in [3.05, 3.63) is 69.6 Å². The molecule has 25 heavy (non-hydrogen) atoms. The molecule has 2 aromatic carbocycles. The molecule has 0 fully saturated rings. The predicted molar refractivity (Wildman–Crippen MR) is 105 cm³/mol. The van der Waals surface area contributed by atoms with Crippen LogP contribution < -0.4 is 5.32 Å². The lowest BCUT2D eigenvalue weighted by Crippen LogP contribution is -2.14. The van der Waals surface area contributed by atoms with Crippen molar-refractivity contribution in [3.63, 3.8) is 0 Å². The van der Waals surface area contributed by atoms with E-state index < -0.39 is 0 Å². The Morgan fingerprint density at radius 2 is 1.72 bits per heavy atom. The van der Waals surface area contributed by atoms with Crippen molar-refractivity contribution in [2.24, 2.45) is 0 Å². The molecule has 1 amide bonds. The lowest BCUT2D eigenvalue weighted by Gasteiger charge is -2.07. The predicted octanol–water partition coefficient (Wildman–Crippen LogP) is 5.22. The molecule has 128 valence electrons. The van der Waals surface area contributed by atoms with Crippen LogP contribution >= 0.6 is 11.3 Å². The summed E-state index contributed by atoms with van der Waals surface area (Å²) in [4.78, 5) is 16.9. The maximum absolute atomic E-state index is 12.3. The van der Waals surface area contributed by atoms with E-state index in [-0.39, 0.29) is 5.91 Å². The molecule has 0 atom stereocenters. The van der Waals surface area contributed by atoms with E-state index in [0.29, 0.717) is 11.6 Å². The summed E-state index contributed by atoms with van der Waals surface area (Å²) in [5.74, 6) is -0.0335. The Kier molecular flexibility index (Phi) is 5.00. The highest BCUT2D eigenvalue weighted by Gasteiger charge is 2.11. The van der Waals surface area contributed by atoms with E-state index in [1.165, 1.54) is 28.0 Å². The van der Waals surface area contributed by atoms with Gasteiger partial charge in [0.2, 0.25) is 5.91 Å². The standard InChI is InChI=1S/C21H22N2OS/c1-13-6-8-17(16(4)9-13)11-20(24)23-21-22-19(12-25-21)18-10-14(2)5-7-15(18)3/h5-10,12H,11H2,1-4H3,(H,22,23,24). The van der Waals surface area contributed by atoms with Gasteiger partial charge in [-0.2, -0.15) is 0 Å². The molecule has 4 heteroatoms. The van der Waals surface area contributed by atoms with Crippen LogP contribution in [-0.4, -0.2) is 10.9 Å². The van der Waals surface area contributed by atoms with Crippen molar-refractivity contribution in [3.8, 4) is 11.3 Å². The molecule has 0 saturated heterocycles. The summed E-state index contributed by atoms with van der Waals surface area (Å²) in [6.07, 6.45) is 0.366. The third kappa shape index (κ3) is 4.15.